The molecule has 0 aliphatic heterocycles. The van der Waals surface area contributed by atoms with Gasteiger partial charge in [0.2, 0.25) is 17.7 Å². The van der Waals surface area contributed by atoms with Crippen LogP contribution in [0.3, 0.4) is 0 Å². The number of hydrogen-bond donors (Lipinski definition) is 8. The third-order valence-corrected chi connectivity index (χ3v) is 7.90. The van der Waals surface area contributed by atoms with Gasteiger partial charge in [-0.3, -0.25) is 14.4 Å². The molecule has 0 saturated heterocycles. The maximum absolute atomic E-state index is 13.6. The summed E-state index contributed by atoms with van der Waals surface area (Å²) in [6.45, 7) is -0.759. The van der Waals surface area contributed by atoms with Gasteiger partial charge in [-0.2, -0.15) is 0 Å². The van der Waals surface area contributed by atoms with E-state index in [1.54, 1.807) is 42.7 Å². The molecule has 9 N–H and O–H groups in total. The summed E-state index contributed by atoms with van der Waals surface area (Å²) in [6.07, 6.45) is 3.69. The van der Waals surface area contributed by atoms with E-state index < -0.39 is 54.5 Å². The molecule has 0 spiro atoms. The molecule has 46 heavy (non-hydrogen) atoms. The summed E-state index contributed by atoms with van der Waals surface area (Å²) in [7, 11) is 0. The number of benzene rings is 3. The van der Waals surface area contributed by atoms with Gasteiger partial charge in [-0.15, -0.1) is 0 Å². The number of amides is 3. The average Bonchev–Trinajstić information content (AvgIpc) is 3.67. The van der Waals surface area contributed by atoms with Crippen molar-refractivity contribution in [3.8, 4) is 0 Å². The fourth-order valence-corrected chi connectivity index (χ4v) is 5.43. The van der Waals surface area contributed by atoms with Crippen LogP contribution in [-0.4, -0.2) is 74.6 Å². The van der Waals surface area contributed by atoms with Crippen LogP contribution in [0.4, 0.5) is 0 Å². The highest BCUT2D eigenvalue weighted by molar-refractivity contribution is 5.95. The summed E-state index contributed by atoms with van der Waals surface area (Å²) in [5.41, 5.74) is 10.1. The highest BCUT2D eigenvalue weighted by atomic mass is 16.4. The molecule has 0 aliphatic rings. The number of aliphatic hydroxyl groups is 1. The minimum atomic E-state index is -1.42. The third-order valence-electron chi connectivity index (χ3n) is 7.90. The standard InChI is InChI=1S/C34H36N6O6/c35-25(15-21-17-36-26-12-6-4-10-23(21)26)31(42)40-30(19-41)33(44)38-28(16-22-18-37-27-13-7-5-11-24(22)27)32(43)39-29(34(45)46)14-20-8-2-1-3-9-20/h1-13,17-18,25,28-30,36-37,41H,14-16,19,35H2,(H,38,44)(H,39,43)(H,40,42)(H,45,46). The molecule has 0 fully saturated rings. The van der Waals surface area contributed by atoms with E-state index in [0.717, 1.165) is 27.4 Å². The minimum Gasteiger partial charge on any atom is -0.480 e. The topological polar surface area (TPSA) is 202 Å². The number of aliphatic hydroxyl groups excluding tert-OH is 1. The van der Waals surface area contributed by atoms with Crippen molar-refractivity contribution in [2.24, 2.45) is 5.73 Å². The summed E-state index contributed by atoms with van der Waals surface area (Å²) in [5, 5.41) is 29.3. The van der Waals surface area contributed by atoms with E-state index in [2.05, 4.69) is 25.9 Å². The molecule has 0 saturated carbocycles. The van der Waals surface area contributed by atoms with E-state index in [-0.39, 0.29) is 19.3 Å². The largest absolute Gasteiger partial charge is 0.480 e. The van der Waals surface area contributed by atoms with Gasteiger partial charge in [-0.1, -0.05) is 66.7 Å². The molecule has 4 atom stereocenters. The Kier molecular flexibility index (Phi) is 10.1. The van der Waals surface area contributed by atoms with Gasteiger partial charge in [0, 0.05) is 47.0 Å². The lowest BCUT2D eigenvalue weighted by Gasteiger charge is -2.24. The normalized spacial score (nSPS) is 13.9. The predicted molar refractivity (Wildman–Crippen MR) is 173 cm³/mol. The first-order chi connectivity index (χ1) is 22.2. The Labute approximate surface area is 264 Å². The van der Waals surface area contributed by atoms with Crippen LogP contribution in [0.5, 0.6) is 0 Å². The second kappa shape index (κ2) is 14.5. The lowest BCUT2D eigenvalue weighted by molar-refractivity contribution is -0.142. The van der Waals surface area contributed by atoms with Gasteiger partial charge < -0.3 is 41.9 Å². The molecule has 0 radical (unpaired) electrons. The Bertz CT molecular complexity index is 1830. The molecular formula is C34H36N6O6. The van der Waals surface area contributed by atoms with Gasteiger partial charge in [0.15, 0.2) is 0 Å². The number of para-hydroxylation sites is 2. The van der Waals surface area contributed by atoms with Crippen molar-refractivity contribution in [1.82, 2.24) is 25.9 Å². The predicted octanol–water partition coefficient (Wildman–Crippen LogP) is 1.54. The number of rotatable bonds is 14. The number of aromatic nitrogens is 2. The second-order valence-electron chi connectivity index (χ2n) is 11.1. The average molecular weight is 625 g/mol. The first-order valence-corrected chi connectivity index (χ1v) is 14.9. The summed E-state index contributed by atoms with van der Waals surface area (Å²) >= 11 is 0. The molecule has 5 aromatic rings. The first-order valence-electron chi connectivity index (χ1n) is 14.9. The second-order valence-corrected chi connectivity index (χ2v) is 11.1. The molecule has 3 aromatic carbocycles. The number of carboxylic acid groups (broad SMARTS) is 1. The fourth-order valence-electron chi connectivity index (χ4n) is 5.43. The van der Waals surface area contributed by atoms with Crippen LogP contribution >= 0.6 is 0 Å². The van der Waals surface area contributed by atoms with Gasteiger partial charge in [0.1, 0.15) is 18.1 Å². The lowest BCUT2D eigenvalue weighted by Crippen LogP contribution is -2.58. The molecule has 12 heteroatoms. The zero-order valence-electron chi connectivity index (χ0n) is 24.9. The molecular weight excluding hydrogens is 588 g/mol. The molecule has 5 rings (SSSR count). The van der Waals surface area contributed by atoms with Crippen LogP contribution in [0.2, 0.25) is 0 Å². The van der Waals surface area contributed by atoms with Gasteiger partial charge in [-0.05, 0) is 35.2 Å². The summed E-state index contributed by atoms with van der Waals surface area (Å²) in [4.78, 5) is 58.4. The monoisotopic (exact) mass is 624 g/mol. The maximum Gasteiger partial charge on any atom is 0.326 e. The van der Waals surface area contributed by atoms with Crippen LogP contribution < -0.4 is 21.7 Å². The van der Waals surface area contributed by atoms with E-state index in [9.17, 15) is 29.4 Å². The van der Waals surface area contributed by atoms with Gasteiger partial charge in [0.05, 0.1) is 12.6 Å². The molecule has 4 unspecified atom stereocenters. The molecule has 3 amide bonds. The van der Waals surface area contributed by atoms with Gasteiger partial charge in [-0.25, -0.2) is 4.79 Å². The van der Waals surface area contributed by atoms with Crippen LogP contribution in [0.25, 0.3) is 21.8 Å². The summed E-state index contributed by atoms with van der Waals surface area (Å²) in [5.74, 6) is -3.46. The third kappa shape index (κ3) is 7.60. The van der Waals surface area contributed by atoms with Crippen molar-refractivity contribution < 1.29 is 29.4 Å². The number of carboxylic acids is 1. The minimum absolute atomic E-state index is 0.00539. The van der Waals surface area contributed by atoms with Crippen molar-refractivity contribution in [3.63, 3.8) is 0 Å². The molecule has 2 heterocycles. The highest BCUT2D eigenvalue weighted by Gasteiger charge is 2.31. The number of aromatic amines is 2. The lowest BCUT2D eigenvalue weighted by atomic mass is 10.0. The van der Waals surface area contributed by atoms with Crippen molar-refractivity contribution in [2.45, 2.75) is 43.4 Å². The van der Waals surface area contributed by atoms with Gasteiger partial charge in [0.25, 0.3) is 0 Å². The molecule has 0 bridgehead atoms. The van der Waals surface area contributed by atoms with Crippen molar-refractivity contribution in [2.75, 3.05) is 6.61 Å². The van der Waals surface area contributed by atoms with Crippen LogP contribution in [0.1, 0.15) is 16.7 Å². The smallest absolute Gasteiger partial charge is 0.326 e. The van der Waals surface area contributed by atoms with Gasteiger partial charge >= 0.3 is 5.97 Å². The summed E-state index contributed by atoms with van der Waals surface area (Å²) < 4.78 is 0. The first kappa shape index (κ1) is 31.9. The van der Waals surface area contributed by atoms with E-state index in [4.69, 9.17) is 5.73 Å². The van der Waals surface area contributed by atoms with E-state index in [0.29, 0.717) is 11.1 Å². The zero-order chi connectivity index (χ0) is 32.6. The Morgan fingerprint density at radius 3 is 1.72 bits per heavy atom. The van der Waals surface area contributed by atoms with Crippen LogP contribution in [0, 0.1) is 0 Å². The Balaban J connectivity index is 1.30. The Morgan fingerprint density at radius 1 is 0.630 bits per heavy atom. The number of carbonyl (C=O) groups excluding carboxylic acids is 3. The molecule has 238 valence electrons. The molecule has 0 aliphatic carbocycles. The zero-order valence-corrected chi connectivity index (χ0v) is 24.9. The number of aliphatic carboxylic acids is 1. The number of H-pyrrole nitrogens is 2. The van der Waals surface area contributed by atoms with Crippen molar-refractivity contribution in [3.05, 3.63) is 108 Å². The van der Waals surface area contributed by atoms with Crippen LogP contribution in [0.15, 0.2) is 91.3 Å². The van der Waals surface area contributed by atoms with Crippen LogP contribution in [-0.2, 0) is 38.4 Å². The van der Waals surface area contributed by atoms with E-state index >= 15 is 0 Å². The number of carbonyl (C=O) groups is 4. The van der Waals surface area contributed by atoms with E-state index in [1.165, 1.54) is 0 Å². The van der Waals surface area contributed by atoms with E-state index in [1.807, 2.05) is 48.5 Å². The Hall–Kier alpha value is -5.46. The van der Waals surface area contributed by atoms with Crippen molar-refractivity contribution >= 4 is 45.5 Å². The maximum atomic E-state index is 13.6. The quantitative estimate of drug-likeness (QED) is 0.0915. The van der Waals surface area contributed by atoms with Crippen molar-refractivity contribution in [1.29, 1.82) is 0 Å². The SMILES string of the molecule is NC(Cc1c[nH]c2ccccc12)C(=O)NC(CO)C(=O)NC(Cc1c[nH]c2ccccc12)C(=O)NC(Cc1ccccc1)C(=O)O. The number of hydrogen-bond acceptors (Lipinski definition) is 6. The number of nitrogens with two attached hydrogens (primary N) is 1. The highest BCUT2D eigenvalue weighted by Crippen LogP contribution is 2.20. The Morgan fingerprint density at radius 2 is 1.13 bits per heavy atom. The fraction of sp³-hybridized carbons (Fsp3) is 0.235. The molecule has 12 nitrogen and oxygen atoms in total. The summed E-state index contributed by atoms with van der Waals surface area (Å²) in [6, 6.07) is 18.9. The molecule has 2 aromatic heterocycles. The number of fused-ring (bicyclic) bond motifs is 2. The number of nitrogens with one attached hydrogen (secondary N) is 5.